The zero-order valence-corrected chi connectivity index (χ0v) is 18.3. The number of halogens is 1. The zero-order valence-electron chi connectivity index (χ0n) is 16.7. The lowest BCUT2D eigenvalue weighted by molar-refractivity contribution is 0.0713. The molecule has 5 nitrogen and oxygen atoms in total. The first-order chi connectivity index (χ1) is 14.5. The van der Waals surface area contributed by atoms with Gasteiger partial charge in [-0.05, 0) is 49.4 Å². The highest BCUT2D eigenvalue weighted by Gasteiger charge is 2.24. The lowest BCUT2D eigenvalue weighted by atomic mass is 10.2. The van der Waals surface area contributed by atoms with Gasteiger partial charge in [0.2, 0.25) is 0 Å². The Morgan fingerprint density at radius 2 is 1.77 bits per heavy atom. The highest BCUT2D eigenvalue weighted by Crippen LogP contribution is 2.22. The van der Waals surface area contributed by atoms with Crippen molar-refractivity contribution in [1.29, 1.82) is 0 Å². The molecule has 7 heteroatoms. The third-order valence-corrected chi connectivity index (χ3v) is 6.75. The normalized spacial score (nSPS) is 15.3. The van der Waals surface area contributed by atoms with E-state index in [4.69, 9.17) is 16.0 Å². The molecule has 4 rings (SSSR count). The summed E-state index contributed by atoms with van der Waals surface area (Å²) in [5.41, 5.74) is 2.19. The van der Waals surface area contributed by atoms with Gasteiger partial charge in [0, 0.05) is 41.8 Å². The van der Waals surface area contributed by atoms with E-state index in [0.29, 0.717) is 29.6 Å². The SMILES string of the molecule is Cc1ccc([S@](=O)Cc2ccc(C(=O)N3CCN(c4cccc(Cl)c4)CC3)o2)cc1. The molecule has 1 aliphatic heterocycles. The number of nitrogens with zero attached hydrogens (tertiary/aromatic N) is 2. The molecule has 1 aliphatic rings. The van der Waals surface area contributed by atoms with Crippen molar-refractivity contribution in [2.45, 2.75) is 17.6 Å². The number of piperazine rings is 1. The van der Waals surface area contributed by atoms with E-state index in [2.05, 4.69) is 4.90 Å². The Balaban J connectivity index is 1.35. The van der Waals surface area contributed by atoms with Crippen LogP contribution in [0.1, 0.15) is 21.9 Å². The molecule has 0 saturated carbocycles. The van der Waals surface area contributed by atoms with Crippen LogP contribution in [0.2, 0.25) is 5.02 Å². The summed E-state index contributed by atoms with van der Waals surface area (Å²) in [6.45, 7) is 4.67. The largest absolute Gasteiger partial charge is 0.455 e. The fourth-order valence-electron chi connectivity index (χ4n) is 3.47. The molecule has 0 unspecified atom stereocenters. The van der Waals surface area contributed by atoms with Gasteiger partial charge in [-0.15, -0.1) is 0 Å². The summed E-state index contributed by atoms with van der Waals surface area (Å²) in [4.78, 5) is 17.6. The van der Waals surface area contributed by atoms with Crippen LogP contribution < -0.4 is 4.90 Å². The van der Waals surface area contributed by atoms with Gasteiger partial charge in [-0.2, -0.15) is 0 Å². The first-order valence-electron chi connectivity index (χ1n) is 9.83. The average molecular weight is 443 g/mol. The Labute approximate surface area is 183 Å². The first kappa shape index (κ1) is 20.7. The van der Waals surface area contributed by atoms with E-state index in [1.165, 1.54) is 0 Å². The van der Waals surface area contributed by atoms with Gasteiger partial charge in [-0.3, -0.25) is 9.00 Å². The number of anilines is 1. The van der Waals surface area contributed by atoms with E-state index in [9.17, 15) is 9.00 Å². The molecule has 3 aromatic rings. The van der Waals surface area contributed by atoms with Gasteiger partial charge in [-0.1, -0.05) is 35.4 Å². The Morgan fingerprint density at radius 3 is 2.47 bits per heavy atom. The van der Waals surface area contributed by atoms with Gasteiger partial charge >= 0.3 is 0 Å². The van der Waals surface area contributed by atoms with Gasteiger partial charge in [0.25, 0.3) is 5.91 Å². The minimum Gasteiger partial charge on any atom is -0.455 e. The molecule has 0 spiro atoms. The van der Waals surface area contributed by atoms with Crippen LogP contribution in [0.3, 0.4) is 0 Å². The predicted octanol–water partition coefficient (Wildman–Crippen LogP) is 4.51. The second-order valence-corrected chi connectivity index (χ2v) is 9.22. The molecule has 156 valence electrons. The molecule has 1 aromatic heterocycles. The van der Waals surface area contributed by atoms with Crippen LogP contribution in [0.5, 0.6) is 0 Å². The summed E-state index contributed by atoms with van der Waals surface area (Å²) in [6.07, 6.45) is 0. The van der Waals surface area contributed by atoms with Gasteiger partial charge < -0.3 is 14.2 Å². The van der Waals surface area contributed by atoms with Crippen LogP contribution in [0, 0.1) is 6.92 Å². The topological polar surface area (TPSA) is 53.8 Å². The predicted molar refractivity (Wildman–Crippen MR) is 120 cm³/mol. The fourth-order valence-corrected chi connectivity index (χ4v) is 4.67. The van der Waals surface area contributed by atoms with Crippen molar-refractivity contribution in [2.75, 3.05) is 31.1 Å². The molecule has 1 fully saturated rings. The number of rotatable bonds is 5. The number of amides is 1. The maximum Gasteiger partial charge on any atom is 0.289 e. The lowest BCUT2D eigenvalue weighted by Crippen LogP contribution is -2.48. The monoisotopic (exact) mass is 442 g/mol. The number of carbonyl (C=O) groups is 1. The second-order valence-electron chi connectivity index (χ2n) is 7.33. The minimum absolute atomic E-state index is 0.131. The molecule has 0 radical (unpaired) electrons. The summed E-state index contributed by atoms with van der Waals surface area (Å²) in [5.74, 6) is 0.962. The summed E-state index contributed by atoms with van der Waals surface area (Å²) in [5, 5.41) is 0.706. The van der Waals surface area contributed by atoms with Gasteiger partial charge in [0.05, 0.1) is 16.6 Å². The molecule has 2 aromatic carbocycles. The third-order valence-electron chi connectivity index (χ3n) is 5.17. The van der Waals surface area contributed by atoms with E-state index in [-0.39, 0.29) is 11.7 Å². The van der Waals surface area contributed by atoms with Crippen LogP contribution in [0.15, 0.2) is 70.0 Å². The van der Waals surface area contributed by atoms with E-state index in [0.717, 1.165) is 29.2 Å². The van der Waals surface area contributed by atoms with Crippen molar-refractivity contribution in [3.8, 4) is 0 Å². The van der Waals surface area contributed by atoms with Crippen molar-refractivity contribution in [2.24, 2.45) is 0 Å². The van der Waals surface area contributed by atoms with E-state index < -0.39 is 10.8 Å². The fraction of sp³-hybridized carbons (Fsp3) is 0.261. The summed E-state index contributed by atoms with van der Waals surface area (Å²) >= 11 is 6.08. The molecule has 0 bridgehead atoms. The Kier molecular flexibility index (Phi) is 6.25. The van der Waals surface area contributed by atoms with Crippen molar-refractivity contribution in [3.05, 3.63) is 82.8 Å². The molecule has 1 amide bonds. The number of furan rings is 1. The van der Waals surface area contributed by atoms with Crippen molar-refractivity contribution in [1.82, 2.24) is 4.90 Å². The van der Waals surface area contributed by atoms with E-state index in [1.807, 2.05) is 55.5 Å². The van der Waals surface area contributed by atoms with Crippen LogP contribution in [-0.4, -0.2) is 41.2 Å². The highest BCUT2D eigenvalue weighted by molar-refractivity contribution is 7.84. The zero-order chi connectivity index (χ0) is 21.1. The number of hydrogen-bond donors (Lipinski definition) is 0. The number of benzene rings is 2. The highest BCUT2D eigenvalue weighted by atomic mass is 35.5. The Morgan fingerprint density at radius 1 is 1.03 bits per heavy atom. The van der Waals surface area contributed by atoms with Crippen molar-refractivity contribution in [3.63, 3.8) is 0 Å². The van der Waals surface area contributed by atoms with Crippen LogP contribution in [0.4, 0.5) is 5.69 Å². The van der Waals surface area contributed by atoms with Crippen LogP contribution in [0.25, 0.3) is 0 Å². The summed E-state index contributed by atoms with van der Waals surface area (Å²) in [7, 11) is -1.21. The maximum absolute atomic E-state index is 12.8. The van der Waals surface area contributed by atoms with Crippen LogP contribution in [-0.2, 0) is 16.6 Å². The van der Waals surface area contributed by atoms with E-state index >= 15 is 0 Å². The molecule has 0 aliphatic carbocycles. The Hall–Kier alpha value is -2.57. The maximum atomic E-state index is 12.8. The van der Waals surface area contributed by atoms with Crippen LogP contribution >= 0.6 is 11.6 Å². The molecule has 30 heavy (non-hydrogen) atoms. The average Bonchev–Trinajstić information content (AvgIpc) is 3.22. The molecular formula is C23H23ClN2O3S. The Bertz CT molecular complexity index is 1060. The molecule has 0 N–H and O–H groups in total. The molecule has 1 saturated heterocycles. The van der Waals surface area contributed by atoms with Crippen molar-refractivity contribution < 1.29 is 13.4 Å². The number of aryl methyl sites for hydroxylation is 1. The summed E-state index contributed by atoms with van der Waals surface area (Å²) in [6, 6.07) is 18.8. The lowest BCUT2D eigenvalue weighted by Gasteiger charge is -2.35. The molecule has 1 atom stereocenters. The molecule has 2 heterocycles. The first-order valence-corrected chi connectivity index (χ1v) is 11.5. The summed E-state index contributed by atoms with van der Waals surface area (Å²) < 4.78 is 18.3. The van der Waals surface area contributed by atoms with Gasteiger partial charge in [0.15, 0.2) is 5.76 Å². The standard InChI is InChI=1S/C23H23ClN2O3S/c1-17-5-8-21(9-6-17)30(28)16-20-7-10-22(29-20)23(27)26-13-11-25(12-14-26)19-4-2-3-18(24)15-19/h2-10,15H,11-14,16H2,1H3/t30-/m1/s1. The smallest absolute Gasteiger partial charge is 0.289 e. The second kappa shape index (κ2) is 9.06. The number of hydrogen-bond acceptors (Lipinski definition) is 4. The van der Waals surface area contributed by atoms with Crippen molar-refractivity contribution >= 4 is 34.0 Å². The van der Waals surface area contributed by atoms with Gasteiger partial charge in [-0.25, -0.2) is 0 Å². The number of carbonyl (C=O) groups excluding carboxylic acids is 1. The van der Waals surface area contributed by atoms with E-state index in [1.54, 1.807) is 17.0 Å². The van der Waals surface area contributed by atoms with Gasteiger partial charge in [0.1, 0.15) is 5.76 Å². The third kappa shape index (κ3) is 4.77. The molecular weight excluding hydrogens is 420 g/mol. The minimum atomic E-state index is -1.21. The quantitative estimate of drug-likeness (QED) is 0.583.